The first-order valence-corrected chi connectivity index (χ1v) is 6.34. The SMILES string of the molecule is CCC(=O)Nc1ccc(O)c(Cc2ccccc2)c1. The zero-order chi connectivity index (χ0) is 13.7. The summed E-state index contributed by atoms with van der Waals surface area (Å²) in [4.78, 5) is 11.4. The predicted octanol–water partition coefficient (Wildman–Crippen LogP) is 3.33. The molecule has 98 valence electrons. The van der Waals surface area contributed by atoms with E-state index in [9.17, 15) is 9.90 Å². The number of aromatic hydroxyl groups is 1. The maximum atomic E-state index is 11.4. The number of carbonyl (C=O) groups excluding carboxylic acids is 1. The maximum absolute atomic E-state index is 11.4. The third kappa shape index (κ3) is 3.58. The molecule has 0 bridgehead atoms. The lowest BCUT2D eigenvalue weighted by atomic mass is 10.0. The van der Waals surface area contributed by atoms with Gasteiger partial charge in [0.1, 0.15) is 5.75 Å². The number of hydrogen-bond acceptors (Lipinski definition) is 2. The molecule has 3 heteroatoms. The van der Waals surface area contributed by atoms with Gasteiger partial charge in [-0.05, 0) is 23.8 Å². The van der Waals surface area contributed by atoms with E-state index in [4.69, 9.17) is 0 Å². The van der Waals surface area contributed by atoms with Crippen LogP contribution in [0.3, 0.4) is 0 Å². The normalized spacial score (nSPS) is 10.2. The lowest BCUT2D eigenvalue weighted by Crippen LogP contribution is -2.09. The zero-order valence-corrected chi connectivity index (χ0v) is 10.9. The predicted molar refractivity (Wildman–Crippen MR) is 76.3 cm³/mol. The largest absolute Gasteiger partial charge is 0.508 e. The van der Waals surface area contributed by atoms with Crippen LogP contribution in [0.1, 0.15) is 24.5 Å². The number of anilines is 1. The van der Waals surface area contributed by atoms with Crippen LogP contribution in [-0.4, -0.2) is 11.0 Å². The number of rotatable bonds is 4. The Kier molecular flexibility index (Phi) is 4.18. The average Bonchev–Trinajstić information content (AvgIpc) is 2.43. The minimum atomic E-state index is -0.0312. The molecule has 0 saturated carbocycles. The summed E-state index contributed by atoms with van der Waals surface area (Å²) in [5, 5.41) is 12.7. The van der Waals surface area contributed by atoms with E-state index in [0.717, 1.165) is 16.8 Å². The Morgan fingerprint density at radius 2 is 1.89 bits per heavy atom. The van der Waals surface area contributed by atoms with Gasteiger partial charge in [0.15, 0.2) is 0 Å². The molecule has 0 saturated heterocycles. The quantitative estimate of drug-likeness (QED) is 0.823. The molecule has 0 aliphatic rings. The highest BCUT2D eigenvalue weighted by Crippen LogP contribution is 2.24. The molecule has 0 heterocycles. The lowest BCUT2D eigenvalue weighted by molar-refractivity contribution is -0.115. The van der Waals surface area contributed by atoms with E-state index in [1.54, 1.807) is 19.1 Å². The number of hydrogen-bond donors (Lipinski definition) is 2. The minimum absolute atomic E-state index is 0.0312. The van der Waals surface area contributed by atoms with Crippen molar-refractivity contribution in [2.75, 3.05) is 5.32 Å². The molecule has 0 spiro atoms. The highest BCUT2D eigenvalue weighted by Gasteiger charge is 2.06. The van der Waals surface area contributed by atoms with Gasteiger partial charge >= 0.3 is 0 Å². The van der Waals surface area contributed by atoms with Crippen LogP contribution in [0.25, 0.3) is 0 Å². The van der Waals surface area contributed by atoms with Crippen molar-refractivity contribution in [1.82, 2.24) is 0 Å². The Morgan fingerprint density at radius 3 is 2.58 bits per heavy atom. The van der Waals surface area contributed by atoms with E-state index in [1.807, 2.05) is 36.4 Å². The Labute approximate surface area is 112 Å². The Morgan fingerprint density at radius 1 is 1.16 bits per heavy atom. The summed E-state index contributed by atoms with van der Waals surface area (Å²) in [6, 6.07) is 15.1. The second-order valence-corrected chi connectivity index (χ2v) is 4.41. The molecule has 0 aromatic heterocycles. The third-order valence-corrected chi connectivity index (χ3v) is 2.92. The summed E-state index contributed by atoms with van der Waals surface area (Å²) in [6.07, 6.45) is 1.08. The first-order valence-electron chi connectivity index (χ1n) is 6.34. The van der Waals surface area contributed by atoms with E-state index in [-0.39, 0.29) is 11.7 Å². The van der Waals surface area contributed by atoms with Gasteiger partial charge in [-0.2, -0.15) is 0 Å². The van der Waals surface area contributed by atoms with Gasteiger partial charge in [0.2, 0.25) is 5.91 Å². The third-order valence-electron chi connectivity index (χ3n) is 2.92. The summed E-state index contributed by atoms with van der Waals surface area (Å²) in [5.74, 6) is 0.217. The van der Waals surface area contributed by atoms with Crippen LogP contribution < -0.4 is 5.32 Å². The van der Waals surface area contributed by atoms with Gasteiger partial charge in [-0.25, -0.2) is 0 Å². The smallest absolute Gasteiger partial charge is 0.224 e. The zero-order valence-electron chi connectivity index (χ0n) is 10.9. The molecule has 0 fully saturated rings. The molecule has 0 unspecified atom stereocenters. The summed E-state index contributed by atoms with van der Waals surface area (Å²) in [6.45, 7) is 1.81. The van der Waals surface area contributed by atoms with Crippen LogP contribution in [0, 0.1) is 0 Å². The average molecular weight is 255 g/mol. The highest BCUT2D eigenvalue weighted by atomic mass is 16.3. The summed E-state index contributed by atoms with van der Waals surface area (Å²) < 4.78 is 0. The molecule has 0 aliphatic carbocycles. The molecule has 2 rings (SSSR count). The van der Waals surface area contributed by atoms with Crippen molar-refractivity contribution in [3.63, 3.8) is 0 Å². The number of carbonyl (C=O) groups is 1. The maximum Gasteiger partial charge on any atom is 0.224 e. The summed E-state index contributed by atoms with van der Waals surface area (Å²) >= 11 is 0. The molecule has 2 aromatic carbocycles. The second kappa shape index (κ2) is 6.05. The second-order valence-electron chi connectivity index (χ2n) is 4.41. The molecule has 2 aromatic rings. The van der Waals surface area contributed by atoms with Gasteiger partial charge in [-0.3, -0.25) is 4.79 Å². The van der Waals surface area contributed by atoms with Crippen LogP contribution in [0.5, 0.6) is 5.75 Å². The number of benzene rings is 2. The van der Waals surface area contributed by atoms with E-state index >= 15 is 0 Å². The molecule has 0 radical (unpaired) electrons. The molecule has 0 aliphatic heterocycles. The Hall–Kier alpha value is -2.29. The monoisotopic (exact) mass is 255 g/mol. The van der Waals surface area contributed by atoms with Gasteiger partial charge < -0.3 is 10.4 Å². The number of phenols is 1. The molecule has 1 amide bonds. The highest BCUT2D eigenvalue weighted by molar-refractivity contribution is 5.90. The number of phenolic OH excluding ortho intramolecular Hbond substituents is 1. The Balaban J connectivity index is 2.20. The van der Waals surface area contributed by atoms with Gasteiger partial charge in [-0.15, -0.1) is 0 Å². The topological polar surface area (TPSA) is 49.3 Å². The fourth-order valence-electron chi connectivity index (χ4n) is 1.87. The van der Waals surface area contributed by atoms with Gasteiger partial charge in [0.05, 0.1) is 0 Å². The number of amides is 1. The Bertz CT molecular complexity index is 564. The van der Waals surface area contributed by atoms with Gasteiger partial charge in [0.25, 0.3) is 0 Å². The molecular formula is C16H17NO2. The molecule has 19 heavy (non-hydrogen) atoms. The van der Waals surface area contributed by atoms with Crippen LogP contribution >= 0.6 is 0 Å². The van der Waals surface area contributed by atoms with Crippen molar-refractivity contribution in [3.8, 4) is 5.75 Å². The molecule has 0 atom stereocenters. The van der Waals surface area contributed by atoms with Crippen LogP contribution in [-0.2, 0) is 11.2 Å². The first-order chi connectivity index (χ1) is 9.19. The van der Waals surface area contributed by atoms with Gasteiger partial charge in [-0.1, -0.05) is 37.3 Å². The first kappa shape index (κ1) is 13.1. The van der Waals surface area contributed by atoms with Crippen molar-refractivity contribution >= 4 is 11.6 Å². The van der Waals surface area contributed by atoms with Crippen LogP contribution in [0.15, 0.2) is 48.5 Å². The van der Waals surface area contributed by atoms with Crippen molar-refractivity contribution in [3.05, 3.63) is 59.7 Å². The summed E-state index contributed by atoms with van der Waals surface area (Å²) in [5.41, 5.74) is 2.65. The molecule has 3 nitrogen and oxygen atoms in total. The van der Waals surface area contributed by atoms with E-state index < -0.39 is 0 Å². The minimum Gasteiger partial charge on any atom is -0.508 e. The molecular weight excluding hydrogens is 238 g/mol. The van der Waals surface area contributed by atoms with Crippen molar-refractivity contribution in [1.29, 1.82) is 0 Å². The van der Waals surface area contributed by atoms with Gasteiger partial charge in [0, 0.05) is 24.1 Å². The fraction of sp³-hybridized carbons (Fsp3) is 0.188. The summed E-state index contributed by atoms with van der Waals surface area (Å²) in [7, 11) is 0. The van der Waals surface area contributed by atoms with E-state index in [1.165, 1.54) is 0 Å². The van der Waals surface area contributed by atoms with Crippen molar-refractivity contribution in [2.24, 2.45) is 0 Å². The standard InChI is InChI=1S/C16H17NO2/c1-2-16(19)17-14-8-9-15(18)13(11-14)10-12-6-4-3-5-7-12/h3-9,11,18H,2,10H2,1H3,(H,17,19). The van der Waals surface area contributed by atoms with Crippen molar-refractivity contribution in [2.45, 2.75) is 19.8 Å². The van der Waals surface area contributed by atoms with E-state index in [0.29, 0.717) is 12.8 Å². The lowest BCUT2D eigenvalue weighted by Gasteiger charge is -2.09. The van der Waals surface area contributed by atoms with Crippen molar-refractivity contribution < 1.29 is 9.90 Å². The number of nitrogens with one attached hydrogen (secondary N) is 1. The van der Waals surface area contributed by atoms with E-state index in [2.05, 4.69) is 5.32 Å². The van der Waals surface area contributed by atoms with Crippen LogP contribution in [0.4, 0.5) is 5.69 Å². The fourth-order valence-corrected chi connectivity index (χ4v) is 1.87. The molecule has 2 N–H and O–H groups in total. The van der Waals surface area contributed by atoms with Crippen LogP contribution in [0.2, 0.25) is 0 Å².